The molecule has 2 atom stereocenters. The van der Waals surface area contributed by atoms with Crippen molar-refractivity contribution in [3.05, 3.63) is 0 Å². The van der Waals surface area contributed by atoms with Crippen LogP contribution >= 0.6 is 0 Å². The van der Waals surface area contributed by atoms with Crippen molar-refractivity contribution in [2.24, 2.45) is 5.92 Å². The lowest BCUT2D eigenvalue weighted by molar-refractivity contribution is 0.155. The molecule has 2 N–H and O–H groups in total. The predicted octanol–water partition coefficient (Wildman–Crippen LogP) is -0.319. The van der Waals surface area contributed by atoms with E-state index in [4.69, 9.17) is 5.11 Å². The first kappa shape index (κ1) is 8.97. The lowest BCUT2D eigenvalue weighted by atomic mass is 10.2. The summed E-state index contributed by atoms with van der Waals surface area (Å²) < 4.78 is 0. The molecule has 1 aliphatic heterocycles. The first-order valence-corrected chi connectivity index (χ1v) is 4.23. The monoisotopic (exact) mass is 159 g/mol. The van der Waals surface area contributed by atoms with Crippen molar-refractivity contribution < 1.29 is 10.2 Å². The quantitative estimate of drug-likeness (QED) is 0.593. The van der Waals surface area contributed by atoms with Gasteiger partial charge in [-0.3, -0.25) is 0 Å². The second-order valence-corrected chi connectivity index (χ2v) is 3.49. The van der Waals surface area contributed by atoms with Crippen LogP contribution in [-0.2, 0) is 0 Å². The van der Waals surface area contributed by atoms with Crippen molar-refractivity contribution in [2.75, 3.05) is 26.2 Å². The molecule has 0 aromatic carbocycles. The van der Waals surface area contributed by atoms with E-state index in [1.807, 2.05) is 6.92 Å². The number of hydrogen-bond acceptors (Lipinski definition) is 3. The molecule has 0 aliphatic carbocycles. The van der Waals surface area contributed by atoms with Crippen LogP contribution in [-0.4, -0.2) is 47.5 Å². The molecule has 66 valence electrons. The summed E-state index contributed by atoms with van der Waals surface area (Å²) in [5.74, 6) is 0.334. The highest BCUT2D eigenvalue weighted by atomic mass is 16.3. The minimum absolute atomic E-state index is 0.138. The van der Waals surface area contributed by atoms with E-state index in [-0.39, 0.29) is 12.7 Å². The Morgan fingerprint density at radius 1 is 1.64 bits per heavy atom. The molecule has 1 fully saturated rings. The van der Waals surface area contributed by atoms with E-state index < -0.39 is 0 Å². The minimum atomic E-state index is -0.138. The van der Waals surface area contributed by atoms with Gasteiger partial charge in [-0.15, -0.1) is 0 Å². The van der Waals surface area contributed by atoms with Crippen molar-refractivity contribution in [1.82, 2.24) is 4.90 Å². The van der Waals surface area contributed by atoms with Crippen LogP contribution in [0.25, 0.3) is 0 Å². The summed E-state index contributed by atoms with van der Waals surface area (Å²) in [5, 5.41) is 18.0. The molecule has 0 aromatic heterocycles. The molecule has 11 heavy (non-hydrogen) atoms. The molecule has 1 saturated heterocycles. The maximum Gasteiger partial charge on any atom is 0.0679 e. The van der Waals surface area contributed by atoms with Crippen molar-refractivity contribution in [2.45, 2.75) is 19.4 Å². The van der Waals surface area contributed by atoms with Crippen LogP contribution in [0.1, 0.15) is 13.3 Å². The van der Waals surface area contributed by atoms with Gasteiger partial charge in [-0.1, -0.05) is 6.92 Å². The molecule has 0 aromatic rings. The van der Waals surface area contributed by atoms with E-state index in [2.05, 4.69) is 4.90 Å². The van der Waals surface area contributed by atoms with E-state index in [1.165, 1.54) is 0 Å². The van der Waals surface area contributed by atoms with Gasteiger partial charge in [-0.25, -0.2) is 0 Å². The smallest absolute Gasteiger partial charge is 0.0679 e. The van der Waals surface area contributed by atoms with Gasteiger partial charge in [0.25, 0.3) is 0 Å². The standard InChI is InChI=1S/C8H17NO2/c1-7(6-10)4-9-3-2-8(11)5-9/h7-8,10-11H,2-6H2,1H3. The third-order valence-electron chi connectivity index (χ3n) is 2.13. The van der Waals surface area contributed by atoms with Gasteiger partial charge in [0.2, 0.25) is 0 Å². The van der Waals surface area contributed by atoms with Crippen molar-refractivity contribution >= 4 is 0 Å². The van der Waals surface area contributed by atoms with Gasteiger partial charge in [0.1, 0.15) is 0 Å². The largest absolute Gasteiger partial charge is 0.396 e. The third-order valence-corrected chi connectivity index (χ3v) is 2.13. The van der Waals surface area contributed by atoms with Crippen molar-refractivity contribution in [3.8, 4) is 0 Å². The fourth-order valence-corrected chi connectivity index (χ4v) is 1.48. The summed E-state index contributed by atoms with van der Waals surface area (Å²) in [6.07, 6.45) is 0.749. The Bertz CT molecular complexity index is 119. The van der Waals surface area contributed by atoms with Crippen LogP contribution in [0.4, 0.5) is 0 Å². The molecular weight excluding hydrogens is 142 g/mol. The third kappa shape index (κ3) is 2.77. The molecule has 2 unspecified atom stereocenters. The van der Waals surface area contributed by atoms with E-state index >= 15 is 0 Å². The highest BCUT2D eigenvalue weighted by Gasteiger charge is 2.20. The van der Waals surface area contributed by atoms with E-state index in [1.54, 1.807) is 0 Å². The Kier molecular flexibility index (Phi) is 3.30. The number of aliphatic hydroxyl groups is 2. The molecule has 1 heterocycles. The van der Waals surface area contributed by atoms with Crippen LogP contribution < -0.4 is 0 Å². The van der Waals surface area contributed by atoms with Crippen LogP contribution in [0.2, 0.25) is 0 Å². The van der Waals surface area contributed by atoms with Gasteiger partial charge < -0.3 is 15.1 Å². The molecule has 3 nitrogen and oxygen atoms in total. The van der Waals surface area contributed by atoms with E-state index in [0.717, 1.165) is 26.1 Å². The predicted molar refractivity (Wildman–Crippen MR) is 43.3 cm³/mol. The Balaban J connectivity index is 2.17. The normalized spacial score (nSPS) is 29.2. The molecule has 0 radical (unpaired) electrons. The maximum absolute atomic E-state index is 9.18. The molecule has 3 heteroatoms. The topological polar surface area (TPSA) is 43.7 Å². The second-order valence-electron chi connectivity index (χ2n) is 3.49. The number of hydrogen-bond donors (Lipinski definition) is 2. The average molecular weight is 159 g/mol. The highest BCUT2D eigenvalue weighted by molar-refractivity contribution is 4.75. The number of aliphatic hydroxyl groups excluding tert-OH is 2. The van der Waals surface area contributed by atoms with Crippen LogP contribution in [0.3, 0.4) is 0 Å². The Labute approximate surface area is 67.6 Å². The van der Waals surface area contributed by atoms with Gasteiger partial charge in [-0.2, -0.15) is 0 Å². The van der Waals surface area contributed by atoms with Gasteiger partial charge in [-0.05, 0) is 12.3 Å². The van der Waals surface area contributed by atoms with Gasteiger partial charge in [0.15, 0.2) is 0 Å². The molecular formula is C8H17NO2. The lowest BCUT2D eigenvalue weighted by Gasteiger charge is -2.18. The summed E-state index contributed by atoms with van der Waals surface area (Å²) in [6, 6.07) is 0. The van der Waals surface area contributed by atoms with Crippen LogP contribution in [0.5, 0.6) is 0 Å². The zero-order valence-electron chi connectivity index (χ0n) is 7.03. The molecule has 1 aliphatic rings. The van der Waals surface area contributed by atoms with E-state index in [0.29, 0.717) is 5.92 Å². The highest BCUT2D eigenvalue weighted by Crippen LogP contribution is 2.10. The van der Waals surface area contributed by atoms with Crippen LogP contribution in [0.15, 0.2) is 0 Å². The Hall–Kier alpha value is -0.120. The summed E-state index contributed by atoms with van der Waals surface area (Å²) in [6.45, 7) is 4.93. The van der Waals surface area contributed by atoms with Crippen molar-refractivity contribution in [3.63, 3.8) is 0 Å². The number of nitrogens with zero attached hydrogens (tertiary/aromatic N) is 1. The number of rotatable bonds is 3. The maximum atomic E-state index is 9.18. The number of β-amino-alcohol motifs (C(OH)–C–C–N with tert-alkyl or cyclic N) is 1. The van der Waals surface area contributed by atoms with Crippen LogP contribution in [0, 0.1) is 5.92 Å². The molecule has 0 amide bonds. The van der Waals surface area contributed by atoms with E-state index in [9.17, 15) is 5.11 Å². The lowest BCUT2D eigenvalue weighted by Crippen LogP contribution is -2.28. The summed E-state index contributed by atoms with van der Waals surface area (Å²) in [4.78, 5) is 2.20. The molecule has 0 saturated carbocycles. The molecule has 1 rings (SSSR count). The van der Waals surface area contributed by atoms with Gasteiger partial charge >= 0.3 is 0 Å². The zero-order valence-corrected chi connectivity index (χ0v) is 7.03. The minimum Gasteiger partial charge on any atom is -0.396 e. The van der Waals surface area contributed by atoms with Gasteiger partial charge in [0, 0.05) is 26.2 Å². The number of likely N-dealkylation sites (tertiary alicyclic amines) is 1. The zero-order chi connectivity index (χ0) is 8.27. The first-order chi connectivity index (χ1) is 5.22. The molecule has 0 bridgehead atoms. The average Bonchev–Trinajstić information content (AvgIpc) is 2.35. The van der Waals surface area contributed by atoms with Crippen molar-refractivity contribution in [1.29, 1.82) is 0 Å². The fraction of sp³-hybridized carbons (Fsp3) is 1.00. The second kappa shape index (κ2) is 4.04. The Morgan fingerprint density at radius 2 is 2.36 bits per heavy atom. The fourth-order valence-electron chi connectivity index (χ4n) is 1.48. The van der Waals surface area contributed by atoms with Gasteiger partial charge in [0.05, 0.1) is 6.10 Å². The Morgan fingerprint density at radius 3 is 2.82 bits per heavy atom. The SMILES string of the molecule is CC(CO)CN1CCC(O)C1. The summed E-state index contributed by atoms with van der Waals surface area (Å²) in [7, 11) is 0. The summed E-state index contributed by atoms with van der Waals surface area (Å²) >= 11 is 0. The molecule has 0 spiro atoms. The summed E-state index contributed by atoms with van der Waals surface area (Å²) in [5.41, 5.74) is 0. The first-order valence-electron chi connectivity index (χ1n) is 4.23.